The van der Waals surface area contributed by atoms with E-state index in [0.717, 1.165) is 4.90 Å². The van der Waals surface area contributed by atoms with E-state index < -0.39 is 28.1 Å². The molecule has 1 atom stereocenters. The van der Waals surface area contributed by atoms with Crippen LogP contribution < -0.4 is 4.74 Å². The van der Waals surface area contributed by atoms with Gasteiger partial charge in [-0.15, -0.1) is 0 Å². The molecule has 0 spiro atoms. The van der Waals surface area contributed by atoms with Crippen molar-refractivity contribution in [2.24, 2.45) is 0 Å². The van der Waals surface area contributed by atoms with Gasteiger partial charge in [-0.2, -0.15) is 0 Å². The first-order chi connectivity index (χ1) is 15.2. The van der Waals surface area contributed by atoms with Gasteiger partial charge in [-0.05, 0) is 48.5 Å². The summed E-state index contributed by atoms with van der Waals surface area (Å²) in [5, 5.41) is 10.4. The minimum atomic E-state index is -1.05. The number of amides is 2. The van der Waals surface area contributed by atoms with Crippen LogP contribution in [-0.2, 0) is 20.9 Å². The molecule has 3 rings (SSSR count). The number of benzene rings is 2. The number of rotatable bonds is 7. The van der Waals surface area contributed by atoms with Crippen LogP contribution in [0.15, 0.2) is 51.8 Å². The third-order valence-electron chi connectivity index (χ3n) is 4.53. The Morgan fingerprint density at radius 3 is 2.72 bits per heavy atom. The normalized spacial score (nSPS) is 15.7. The molecule has 2 aromatic carbocycles. The van der Waals surface area contributed by atoms with Gasteiger partial charge >= 0.3 is 5.97 Å². The molecule has 2 aromatic rings. The maximum absolute atomic E-state index is 12.8. The molecule has 1 aliphatic heterocycles. The summed E-state index contributed by atoms with van der Waals surface area (Å²) in [6, 6.07) is 10.1. The molecule has 11 heteroatoms. The van der Waals surface area contributed by atoms with E-state index in [-0.39, 0.29) is 17.2 Å². The van der Waals surface area contributed by atoms with Crippen LogP contribution in [0.3, 0.4) is 0 Å². The number of methoxy groups -OCH3 is 1. The number of esters is 1. The second-order valence-electron chi connectivity index (χ2n) is 6.65. The molecule has 0 aromatic heterocycles. The Bertz CT molecular complexity index is 1130. The van der Waals surface area contributed by atoms with Crippen LogP contribution in [0, 0.1) is 10.1 Å². The molecule has 1 saturated heterocycles. The molecule has 0 saturated carbocycles. The molecular formula is C21H17BrN2O7S. The molecule has 0 unspecified atom stereocenters. The van der Waals surface area contributed by atoms with E-state index in [1.165, 1.54) is 32.2 Å². The molecule has 32 heavy (non-hydrogen) atoms. The monoisotopic (exact) mass is 520 g/mol. The lowest BCUT2D eigenvalue weighted by Gasteiger charge is -2.18. The van der Waals surface area contributed by atoms with Gasteiger partial charge in [-0.1, -0.05) is 28.1 Å². The number of ether oxygens (including phenoxy) is 2. The van der Waals surface area contributed by atoms with E-state index in [0.29, 0.717) is 33.1 Å². The molecule has 2 amide bonds. The van der Waals surface area contributed by atoms with Gasteiger partial charge in [0, 0.05) is 22.2 Å². The summed E-state index contributed by atoms with van der Waals surface area (Å²) in [5.74, 6) is -0.896. The van der Waals surface area contributed by atoms with Gasteiger partial charge in [0.2, 0.25) is 0 Å². The first-order valence-corrected chi connectivity index (χ1v) is 10.8. The minimum Gasteiger partial charge on any atom is -0.488 e. The zero-order valence-corrected chi connectivity index (χ0v) is 19.3. The standard InChI is InChI=1S/C21H17BrN2O7S/c1-12(20(26)30-2)23-19(25)18(32-21(23)27)10-14-9-15(22)6-7-17(14)31-11-13-4-3-5-16(8-13)24(28)29/h3-10,12H,11H2,1-2H3/b18-10+/t12-/m1/s1. The summed E-state index contributed by atoms with van der Waals surface area (Å²) in [4.78, 5) is 48.3. The molecule has 1 fully saturated rings. The van der Waals surface area contributed by atoms with Gasteiger partial charge in [-0.3, -0.25) is 24.6 Å². The van der Waals surface area contributed by atoms with Crippen molar-refractivity contribution >= 4 is 56.6 Å². The number of imide groups is 1. The highest BCUT2D eigenvalue weighted by atomic mass is 79.9. The largest absolute Gasteiger partial charge is 0.488 e. The number of hydrogen-bond acceptors (Lipinski definition) is 8. The predicted octanol–water partition coefficient (Wildman–Crippen LogP) is 4.53. The van der Waals surface area contributed by atoms with Crippen LogP contribution in [0.2, 0.25) is 0 Å². The summed E-state index contributed by atoms with van der Waals surface area (Å²) >= 11 is 4.08. The van der Waals surface area contributed by atoms with Crippen LogP contribution in [0.25, 0.3) is 6.08 Å². The SMILES string of the molecule is COC(=O)[C@@H](C)N1C(=O)S/C(=C/c2cc(Br)ccc2OCc2cccc([N+](=O)[O-])c2)C1=O. The number of nitro groups is 1. The highest BCUT2D eigenvalue weighted by molar-refractivity contribution is 9.10. The number of halogens is 1. The van der Waals surface area contributed by atoms with Gasteiger partial charge in [0.1, 0.15) is 18.4 Å². The summed E-state index contributed by atoms with van der Waals surface area (Å²) in [6.07, 6.45) is 1.50. The summed E-state index contributed by atoms with van der Waals surface area (Å²) in [7, 11) is 1.18. The Morgan fingerprint density at radius 1 is 1.28 bits per heavy atom. The third kappa shape index (κ3) is 5.17. The van der Waals surface area contributed by atoms with Crippen molar-refractivity contribution in [3.63, 3.8) is 0 Å². The zero-order chi connectivity index (χ0) is 23.4. The van der Waals surface area contributed by atoms with Crippen molar-refractivity contribution in [2.45, 2.75) is 19.6 Å². The predicted molar refractivity (Wildman–Crippen MR) is 121 cm³/mol. The first-order valence-electron chi connectivity index (χ1n) is 9.22. The maximum atomic E-state index is 12.8. The molecule has 0 bridgehead atoms. The number of carbonyl (C=O) groups excluding carboxylic acids is 3. The van der Waals surface area contributed by atoms with Crippen LogP contribution in [0.1, 0.15) is 18.1 Å². The zero-order valence-electron chi connectivity index (χ0n) is 16.9. The van der Waals surface area contributed by atoms with Crippen LogP contribution in [-0.4, -0.2) is 40.1 Å². The smallest absolute Gasteiger partial charge is 0.328 e. The van der Waals surface area contributed by atoms with E-state index >= 15 is 0 Å². The first kappa shape index (κ1) is 23.5. The number of non-ortho nitro benzene ring substituents is 1. The maximum Gasteiger partial charge on any atom is 0.328 e. The second kappa shape index (κ2) is 9.96. The number of nitrogens with zero attached hydrogens (tertiary/aromatic N) is 2. The molecule has 0 N–H and O–H groups in total. The highest BCUT2D eigenvalue weighted by Crippen LogP contribution is 2.36. The van der Waals surface area contributed by atoms with Crippen molar-refractivity contribution < 1.29 is 28.8 Å². The Hall–Kier alpha value is -3.18. The van der Waals surface area contributed by atoms with Crippen molar-refractivity contribution in [3.8, 4) is 5.75 Å². The Balaban J connectivity index is 1.85. The minimum absolute atomic E-state index is 0.0458. The fraction of sp³-hybridized carbons (Fsp3) is 0.190. The van der Waals surface area contributed by atoms with Gasteiger partial charge in [0.05, 0.1) is 16.9 Å². The van der Waals surface area contributed by atoms with Crippen molar-refractivity contribution in [1.82, 2.24) is 4.90 Å². The summed E-state index contributed by atoms with van der Waals surface area (Å²) < 4.78 is 11.2. The fourth-order valence-corrected chi connectivity index (χ4v) is 4.19. The van der Waals surface area contributed by atoms with E-state index in [1.54, 1.807) is 30.3 Å². The molecule has 1 heterocycles. The van der Waals surface area contributed by atoms with Crippen LogP contribution in [0.4, 0.5) is 10.5 Å². The Labute approximate surface area is 195 Å². The molecule has 0 aliphatic carbocycles. The number of nitro benzene ring substituents is 1. The quantitative estimate of drug-likeness (QED) is 0.226. The van der Waals surface area contributed by atoms with Gasteiger partial charge in [0.15, 0.2) is 0 Å². The Morgan fingerprint density at radius 2 is 2.03 bits per heavy atom. The van der Waals surface area contributed by atoms with Crippen molar-refractivity contribution in [1.29, 1.82) is 0 Å². The van der Waals surface area contributed by atoms with E-state index in [2.05, 4.69) is 20.7 Å². The van der Waals surface area contributed by atoms with Crippen molar-refractivity contribution in [3.05, 3.63) is 73.1 Å². The van der Waals surface area contributed by atoms with E-state index in [9.17, 15) is 24.5 Å². The highest BCUT2D eigenvalue weighted by Gasteiger charge is 2.41. The molecule has 0 radical (unpaired) electrons. The van der Waals surface area contributed by atoms with E-state index in [4.69, 9.17) is 4.74 Å². The Kier molecular flexibility index (Phi) is 7.31. The average Bonchev–Trinajstić information content (AvgIpc) is 3.05. The summed E-state index contributed by atoms with van der Waals surface area (Å²) in [5.41, 5.74) is 1.07. The molecular weight excluding hydrogens is 504 g/mol. The summed E-state index contributed by atoms with van der Waals surface area (Å²) in [6.45, 7) is 1.48. The van der Waals surface area contributed by atoms with Crippen molar-refractivity contribution in [2.75, 3.05) is 7.11 Å². The molecule has 1 aliphatic rings. The molecule has 9 nitrogen and oxygen atoms in total. The third-order valence-corrected chi connectivity index (χ3v) is 5.90. The lowest BCUT2D eigenvalue weighted by atomic mass is 10.1. The van der Waals surface area contributed by atoms with E-state index in [1.807, 2.05) is 0 Å². The number of hydrogen-bond donors (Lipinski definition) is 0. The number of carbonyl (C=O) groups is 3. The molecule has 166 valence electrons. The van der Waals surface area contributed by atoms with Crippen LogP contribution >= 0.6 is 27.7 Å². The lowest BCUT2D eigenvalue weighted by Crippen LogP contribution is -2.42. The van der Waals surface area contributed by atoms with Crippen LogP contribution in [0.5, 0.6) is 5.75 Å². The lowest BCUT2D eigenvalue weighted by molar-refractivity contribution is -0.384. The average molecular weight is 521 g/mol. The topological polar surface area (TPSA) is 116 Å². The van der Waals surface area contributed by atoms with Gasteiger partial charge < -0.3 is 9.47 Å². The fourth-order valence-electron chi connectivity index (χ4n) is 2.92. The second-order valence-corrected chi connectivity index (χ2v) is 8.56. The van der Waals surface area contributed by atoms with Gasteiger partial charge in [0.25, 0.3) is 16.8 Å². The van der Waals surface area contributed by atoms with Gasteiger partial charge in [-0.25, -0.2) is 4.79 Å². The number of thioether (sulfide) groups is 1.